The quantitative estimate of drug-likeness (QED) is 0.909. The number of piperidine rings is 1. The van der Waals surface area contributed by atoms with Crippen molar-refractivity contribution in [3.05, 3.63) is 35.9 Å². The van der Waals surface area contributed by atoms with E-state index in [9.17, 15) is 5.11 Å². The molecular weight excluding hydrogens is 262 g/mol. The first-order chi connectivity index (χ1) is 10.2. The molecule has 0 bridgehead atoms. The normalized spacial score (nSPS) is 23.4. The number of hydrogen-bond acceptors (Lipinski definition) is 4. The molecule has 112 valence electrons. The maximum atomic E-state index is 10.1. The van der Waals surface area contributed by atoms with Gasteiger partial charge in [-0.3, -0.25) is 4.90 Å². The number of aliphatic hydroxyl groups is 1. The van der Waals surface area contributed by atoms with Gasteiger partial charge in [-0.05, 0) is 31.0 Å². The monoisotopic (exact) mass is 285 g/mol. The third-order valence-corrected chi connectivity index (χ3v) is 4.44. The Hall–Kier alpha value is -1.65. The molecule has 2 unspecified atom stereocenters. The second kappa shape index (κ2) is 6.00. The fraction of sp³-hybridized carbons (Fsp3) is 0.471. The standard InChI is InChI=1S/C17H23N3O/c1-12-7-8-20(11-16(12)21)10-14-9-13-5-3-4-6-15(13)19-17(14)18-2/h3-6,9,12,16,21H,7-8,10-11H2,1-2H3,(H,18,19). The molecule has 1 aromatic carbocycles. The Morgan fingerprint density at radius 1 is 1.38 bits per heavy atom. The molecule has 2 heterocycles. The Labute approximate surface area is 125 Å². The highest BCUT2D eigenvalue weighted by Gasteiger charge is 2.24. The van der Waals surface area contributed by atoms with Crippen molar-refractivity contribution in [2.75, 3.05) is 25.5 Å². The summed E-state index contributed by atoms with van der Waals surface area (Å²) in [6, 6.07) is 10.4. The number of pyridine rings is 1. The van der Waals surface area contributed by atoms with E-state index in [1.54, 1.807) is 0 Å². The predicted octanol–water partition coefficient (Wildman–Crippen LogP) is 2.48. The van der Waals surface area contributed by atoms with Gasteiger partial charge in [-0.1, -0.05) is 25.1 Å². The van der Waals surface area contributed by atoms with Crippen molar-refractivity contribution in [3.8, 4) is 0 Å². The summed E-state index contributed by atoms with van der Waals surface area (Å²) in [7, 11) is 1.91. The van der Waals surface area contributed by atoms with Crippen LogP contribution in [0.15, 0.2) is 30.3 Å². The van der Waals surface area contributed by atoms with Gasteiger partial charge in [0.1, 0.15) is 5.82 Å². The molecule has 0 saturated carbocycles. The predicted molar refractivity (Wildman–Crippen MR) is 86.4 cm³/mol. The molecule has 21 heavy (non-hydrogen) atoms. The largest absolute Gasteiger partial charge is 0.392 e. The first-order valence-electron chi connectivity index (χ1n) is 7.64. The van der Waals surface area contributed by atoms with Crippen LogP contribution in [0.1, 0.15) is 18.9 Å². The highest BCUT2D eigenvalue weighted by molar-refractivity contribution is 5.81. The molecule has 1 aliphatic rings. The second-order valence-electron chi connectivity index (χ2n) is 6.01. The third kappa shape index (κ3) is 3.01. The van der Waals surface area contributed by atoms with Crippen LogP contribution in [-0.4, -0.2) is 41.2 Å². The van der Waals surface area contributed by atoms with Crippen LogP contribution < -0.4 is 5.32 Å². The number of benzene rings is 1. The molecule has 4 heteroatoms. The zero-order chi connectivity index (χ0) is 14.8. The molecule has 2 atom stereocenters. The first kappa shape index (κ1) is 14.3. The molecule has 0 radical (unpaired) electrons. The number of hydrogen-bond donors (Lipinski definition) is 2. The molecular formula is C17H23N3O. The van der Waals surface area contributed by atoms with E-state index in [-0.39, 0.29) is 6.10 Å². The highest BCUT2D eigenvalue weighted by atomic mass is 16.3. The number of fused-ring (bicyclic) bond motifs is 1. The average molecular weight is 285 g/mol. The molecule has 3 rings (SSSR count). The molecule has 1 saturated heterocycles. The molecule has 1 aliphatic heterocycles. The molecule has 4 nitrogen and oxygen atoms in total. The van der Waals surface area contributed by atoms with Gasteiger partial charge in [0, 0.05) is 31.1 Å². The van der Waals surface area contributed by atoms with Gasteiger partial charge in [0.05, 0.1) is 11.6 Å². The first-order valence-corrected chi connectivity index (χ1v) is 7.64. The van der Waals surface area contributed by atoms with Gasteiger partial charge >= 0.3 is 0 Å². The van der Waals surface area contributed by atoms with E-state index >= 15 is 0 Å². The summed E-state index contributed by atoms with van der Waals surface area (Å²) in [6.07, 6.45) is 0.835. The lowest BCUT2D eigenvalue weighted by Crippen LogP contribution is -2.42. The number of rotatable bonds is 3. The van der Waals surface area contributed by atoms with E-state index in [4.69, 9.17) is 4.98 Å². The van der Waals surface area contributed by atoms with Crippen molar-refractivity contribution in [1.82, 2.24) is 9.88 Å². The Morgan fingerprint density at radius 2 is 2.19 bits per heavy atom. The molecule has 2 aromatic rings. The van der Waals surface area contributed by atoms with Crippen LogP contribution in [0.5, 0.6) is 0 Å². The number of para-hydroxylation sites is 1. The van der Waals surface area contributed by atoms with E-state index in [0.29, 0.717) is 5.92 Å². The fourth-order valence-corrected chi connectivity index (χ4v) is 3.00. The van der Waals surface area contributed by atoms with Gasteiger partial charge in [0.2, 0.25) is 0 Å². The van der Waals surface area contributed by atoms with Crippen LogP contribution in [0, 0.1) is 5.92 Å². The summed E-state index contributed by atoms with van der Waals surface area (Å²) in [5.41, 5.74) is 2.20. The molecule has 0 spiro atoms. The van der Waals surface area contributed by atoms with E-state index in [0.717, 1.165) is 42.8 Å². The molecule has 0 aliphatic carbocycles. The zero-order valence-corrected chi connectivity index (χ0v) is 12.7. The van der Waals surface area contributed by atoms with Crippen LogP contribution in [0.4, 0.5) is 5.82 Å². The minimum absolute atomic E-state index is 0.217. The Balaban J connectivity index is 1.85. The maximum absolute atomic E-state index is 10.1. The minimum Gasteiger partial charge on any atom is -0.392 e. The fourth-order valence-electron chi connectivity index (χ4n) is 3.00. The smallest absolute Gasteiger partial charge is 0.130 e. The van der Waals surface area contributed by atoms with Crippen molar-refractivity contribution in [2.24, 2.45) is 5.92 Å². The van der Waals surface area contributed by atoms with Crippen molar-refractivity contribution in [2.45, 2.75) is 26.0 Å². The summed E-state index contributed by atoms with van der Waals surface area (Å²) in [5, 5.41) is 14.4. The van der Waals surface area contributed by atoms with Crippen molar-refractivity contribution in [1.29, 1.82) is 0 Å². The van der Waals surface area contributed by atoms with Crippen molar-refractivity contribution in [3.63, 3.8) is 0 Å². The van der Waals surface area contributed by atoms with Crippen molar-refractivity contribution < 1.29 is 5.11 Å². The van der Waals surface area contributed by atoms with Gasteiger partial charge < -0.3 is 10.4 Å². The number of nitrogens with zero attached hydrogens (tertiary/aromatic N) is 2. The van der Waals surface area contributed by atoms with Crippen LogP contribution in [0.2, 0.25) is 0 Å². The number of nitrogens with one attached hydrogen (secondary N) is 1. The van der Waals surface area contributed by atoms with Gasteiger partial charge in [0.25, 0.3) is 0 Å². The lowest BCUT2D eigenvalue weighted by Gasteiger charge is -2.34. The Bertz CT molecular complexity index is 628. The zero-order valence-electron chi connectivity index (χ0n) is 12.7. The number of aliphatic hydroxyl groups excluding tert-OH is 1. The van der Waals surface area contributed by atoms with Crippen LogP contribution in [0.25, 0.3) is 10.9 Å². The van der Waals surface area contributed by atoms with Crippen molar-refractivity contribution >= 4 is 16.7 Å². The van der Waals surface area contributed by atoms with Gasteiger partial charge in [-0.15, -0.1) is 0 Å². The molecule has 1 fully saturated rings. The lowest BCUT2D eigenvalue weighted by atomic mass is 9.95. The summed E-state index contributed by atoms with van der Waals surface area (Å²) in [6.45, 7) is 4.74. The number of β-amino-alcohol motifs (C(OH)–C–C–N with tert-alkyl or cyclic N) is 1. The minimum atomic E-state index is -0.217. The summed E-state index contributed by atoms with van der Waals surface area (Å²) >= 11 is 0. The van der Waals surface area contributed by atoms with E-state index in [1.807, 2.05) is 25.2 Å². The molecule has 2 N–H and O–H groups in total. The summed E-state index contributed by atoms with van der Waals surface area (Å²) < 4.78 is 0. The maximum Gasteiger partial charge on any atom is 0.130 e. The third-order valence-electron chi connectivity index (χ3n) is 4.44. The van der Waals surface area contributed by atoms with Gasteiger partial charge in [0.15, 0.2) is 0 Å². The number of likely N-dealkylation sites (tertiary alicyclic amines) is 1. The average Bonchev–Trinajstić information content (AvgIpc) is 2.50. The number of anilines is 1. The molecule has 0 amide bonds. The summed E-state index contributed by atoms with van der Waals surface area (Å²) in [4.78, 5) is 7.01. The van der Waals surface area contributed by atoms with E-state index < -0.39 is 0 Å². The topological polar surface area (TPSA) is 48.4 Å². The van der Waals surface area contributed by atoms with E-state index in [1.165, 1.54) is 5.56 Å². The number of aromatic nitrogens is 1. The second-order valence-corrected chi connectivity index (χ2v) is 6.01. The summed E-state index contributed by atoms with van der Waals surface area (Å²) in [5.74, 6) is 1.33. The van der Waals surface area contributed by atoms with E-state index in [2.05, 4.69) is 29.3 Å². The van der Waals surface area contributed by atoms with Crippen LogP contribution >= 0.6 is 0 Å². The SMILES string of the molecule is CNc1nc2ccccc2cc1CN1CCC(C)C(O)C1. The van der Waals surface area contributed by atoms with Crippen LogP contribution in [0.3, 0.4) is 0 Å². The highest BCUT2D eigenvalue weighted by Crippen LogP contribution is 2.24. The lowest BCUT2D eigenvalue weighted by molar-refractivity contribution is 0.0260. The Kier molecular flexibility index (Phi) is 4.08. The van der Waals surface area contributed by atoms with Gasteiger partial charge in [-0.2, -0.15) is 0 Å². The Morgan fingerprint density at radius 3 is 2.95 bits per heavy atom. The van der Waals surface area contributed by atoms with Crippen LogP contribution in [-0.2, 0) is 6.54 Å². The van der Waals surface area contributed by atoms with Gasteiger partial charge in [-0.25, -0.2) is 4.98 Å². The molecule has 1 aromatic heterocycles.